The van der Waals surface area contributed by atoms with Gasteiger partial charge in [-0.05, 0) is 30.9 Å². The predicted octanol–water partition coefficient (Wildman–Crippen LogP) is 0.0303. The SMILES string of the molecule is CCCS(=O)(=O)Nc1ccc2n(c1=O)C[C@H]1C[C@@H]2CN(C(=O)C(=O)O)C1. The molecule has 1 fully saturated rings. The fourth-order valence-corrected chi connectivity index (χ4v) is 4.94. The van der Waals surface area contributed by atoms with Crippen molar-refractivity contribution in [2.75, 3.05) is 23.6 Å². The summed E-state index contributed by atoms with van der Waals surface area (Å²) in [4.78, 5) is 36.7. The summed E-state index contributed by atoms with van der Waals surface area (Å²) in [6, 6.07) is 3.13. The summed E-state index contributed by atoms with van der Waals surface area (Å²) < 4.78 is 27.8. The van der Waals surface area contributed by atoms with Crippen molar-refractivity contribution in [3.05, 3.63) is 28.2 Å². The van der Waals surface area contributed by atoms with Gasteiger partial charge in [0.2, 0.25) is 10.0 Å². The van der Waals surface area contributed by atoms with Crippen LogP contribution in [0.25, 0.3) is 0 Å². The number of nitrogens with one attached hydrogen (secondary N) is 1. The number of aromatic nitrogens is 1. The maximum Gasteiger partial charge on any atom is 0.394 e. The molecule has 3 rings (SSSR count). The molecule has 2 atom stereocenters. The number of anilines is 1. The highest BCUT2D eigenvalue weighted by atomic mass is 32.2. The van der Waals surface area contributed by atoms with Gasteiger partial charge in [-0.1, -0.05) is 6.92 Å². The minimum absolute atomic E-state index is 0.0145. The van der Waals surface area contributed by atoms with Gasteiger partial charge in [-0.3, -0.25) is 14.3 Å². The Bertz CT molecular complexity index is 907. The number of fused-ring (bicyclic) bond motifs is 4. The van der Waals surface area contributed by atoms with Crippen LogP contribution in [0.5, 0.6) is 0 Å². The Morgan fingerprint density at radius 2 is 2.00 bits per heavy atom. The lowest BCUT2D eigenvalue weighted by Gasteiger charge is -2.42. The molecule has 0 aliphatic carbocycles. The van der Waals surface area contributed by atoms with Crippen molar-refractivity contribution in [3.63, 3.8) is 0 Å². The third-order valence-corrected chi connectivity index (χ3v) is 6.29. The third-order valence-electron chi connectivity index (χ3n) is 4.81. The van der Waals surface area contributed by atoms with E-state index < -0.39 is 27.5 Å². The van der Waals surface area contributed by atoms with E-state index in [0.29, 0.717) is 18.7 Å². The van der Waals surface area contributed by atoms with Gasteiger partial charge in [0.1, 0.15) is 5.69 Å². The number of pyridine rings is 1. The van der Waals surface area contributed by atoms with Crippen LogP contribution in [0.1, 0.15) is 31.4 Å². The fraction of sp³-hybridized carbons (Fsp3) is 0.562. The number of rotatable bonds is 4. The summed E-state index contributed by atoms with van der Waals surface area (Å²) >= 11 is 0. The van der Waals surface area contributed by atoms with Crippen LogP contribution in [0, 0.1) is 5.92 Å². The monoisotopic (exact) mass is 383 g/mol. The predicted molar refractivity (Wildman–Crippen MR) is 93.5 cm³/mol. The maximum atomic E-state index is 12.7. The molecule has 1 saturated heterocycles. The number of carbonyl (C=O) groups is 2. The van der Waals surface area contributed by atoms with E-state index in [9.17, 15) is 22.8 Å². The van der Waals surface area contributed by atoms with E-state index in [-0.39, 0.29) is 36.4 Å². The van der Waals surface area contributed by atoms with Crippen LogP contribution in [0.4, 0.5) is 5.69 Å². The number of piperidine rings is 1. The number of sulfonamides is 1. The van der Waals surface area contributed by atoms with Gasteiger partial charge in [0.25, 0.3) is 5.56 Å². The Morgan fingerprint density at radius 3 is 2.65 bits per heavy atom. The maximum absolute atomic E-state index is 12.7. The molecule has 0 aromatic carbocycles. The Labute approximate surface area is 150 Å². The van der Waals surface area contributed by atoms with Gasteiger partial charge < -0.3 is 14.6 Å². The third kappa shape index (κ3) is 3.46. The second-order valence-electron chi connectivity index (χ2n) is 6.82. The zero-order chi connectivity index (χ0) is 19.1. The van der Waals surface area contributed by atoms with Crippen molar-refractivity contribution in [2.45, 2.75) is 32.2 Å². The summed E-state index contributed by atoms with van der Waals surface area (Å²) in [6.45, 7) is 2.59. The van der Waals surface area contributed by atoms with E-state index in [4.69, 9.17) is 5.11 Å². The number of carboxylic acid groups (broad SMARTS) is 1. The molecule has 0 spiro atoms. The number of amides is 1. The largest absolute Gasteiger partial charge is 0.474 e. The first-order valence-corrected chi connectivity index (χ1v) is 10.1. The van der Waals surface area contributed by atoms with Crippen LogP contribution >= 0.6 is 0 Å². The summed E-state index contributed by atoms with van der Waals surface area (Å²) in [7, 11) is -3.56. The Kier molecular flexibility index (Phi) is 4.78. The molecule has 142 valence electrons. The minimum atomic E-state index is -3.56. The molecule has 9 nitrogen and oxygen atoms in total. The summed E-state index contributed by atoms with van der Waals surface area (Å²) in [5.41, 5.74) is 0.308. The van der Waals surface area contributed by atoms with E-state index in [1.807, 2.05) is 0 Å². The van der Waals surface area contributed by atoms with Gasteiger partial charge >= 0.3 is 11.9 Å². The Hall–Kier alpha value is -2.36. The van der Waals surface area contributed by atoms with E-state index in [1.165, 1.54) is 11.0 Å². The van der Waals surface area contributed by atoms with Crippen molar-refractivity contribution < 1.29 is 23.1 Å². The van der Waals surface area contributed by atoms with Crippen LogP contribution in [-0.2, 0) is 26.2 Å². The normalized spacial score (nSPS) is 21.8. The molecule has 2 aliphatic rings. The average Bonchev–Trinajstić information content (AvgIpc) is 2.56. The highest BCUT2D eigenvalue weighted by Gasteiger charge is 2.38. The molecule has 2 N–H and O–H groups in total. The molecule has 1 amide bonds. The van der Waals surface area contributed by atoms with E-state index >= 15 is 0 Å². The zero-order valence-corrected chi connectivity index (χ0v) is 15.2. The quantitative estimate of drug-likeness (QED) is 0.707. The average molecular weight is 383 g/mol. The second-order valence-corrected chi connectivity index (χ2v) is 8.66. The van der Waals surface area contributed by atoms with Crippen molar-refractivity contribution in [1.82, 2.24) is 9.47 Å². The molecule has 0 saturated carbocycles. The molecule has 0 unspecified atom stereocenters. The Balaban J connectivity index is 1.90. The molecule has 26 heavy (non-hydrogen) atoms. The number of hydrogen-bond acceptors (Lipinski definition) is 5. The Morgan fingerprint density at radius 1 is 1.27 bits per heavy atom. The topological polar surface area (TPSA) is 126 Å². The van der Waals surface area contributed by atoms with E-state index in [1.54, 1.807) is 17.6 Å². The smallest absolute Gasteiger partial charge is 0.394 e. The standard InChI is InChI=1S/C16H21N3O6S/c1-2-5-26(24,25)17-12-3-4-13-11-6-10(8-19(13)14(12)20)7-18(9-11)15(21)16(22)23/h3-4,10-11,17H,2,5-9H2,1H3,(H,22,23)/t10-,11+/m0/s1. The molecular weight excluding hydrogens is 362 g/mol. The highest BCUT2D eigenvalue weighted by Crippen LogP contribution is 2.35. The second kappa shape index (κ2) is 6.75. The number of aliphatic carboxylic acids is 1. The molecule has 1 aromatic heterocycles. The van der Waals surface area contributed by atoms with Gasteiger partial charge in [-0.2, -0.15) is 0 Å². The van der Waals surface area contributed by atoms with Crippen LogP contribution in [-0.4, -0.2) is 53.7 Å². The number of nitrogens with zero attached hydrogens (tertiary/aromatic N) is 2. The van der Waals surface area contributed by atoms with Crippen LogP contribution < -0.4 is 10.3 Å². The minimum Gasteiger partial charge on any atom is -0.474 e. The molecule has 10 heteroatoms. The van der Waals surface area contributed by atoms with Crippen molar-refractivity contribution in [2.24, 2.45) is 5.92 Å². The van der Waals surface area contributed by atoms with Gasteiger partial charge in [0.15, 0.2) is 0 Å². The number of carbonyl (C=O) groups excluding carboxylic acids is 1. The summed E-state index contributed by atoms with van der Waals surface area (Å²) in [5.74, 6) is -2.65. The van der Waals surface area contributed by atoms with Crippen LogP contribution in [0.2, 0.25) is 0 Å². The highest BCUT2D eigenvalue weighted by molar-refractivity contribution is 7.92. The molecule has 0 radical (unpaired) electrons. The lowest BCUT2D eigenvalue weighted by Crippen LogP contribution is -2.51. The van der Waals surface area contributed by atoms with Gasteiger partial charge in [-0.25, -0.2) is 13.2 Å². The fourth-order valence-electron chi connectivity index (χ4n) is 3.81. The van der Waals surface area contributed by atoms with Gasteiger partial charge in [-0.15, -0.1) is 0 Å². The molecule has 2 bridgehead atoms. The first-order chi connectivity index (χ1) is 12.2. The van der Waals surface area contributed by atoms with E-state index in [2.05, 4.69) is 4.72 Å². The first-order valence-electron chi connectivity index (χ1n) is 8.48. The lowest BCUT2D eigenvalue weighted by atomic mass is 9.83. The van der Waals surface area contributed by atoms with Gasteiger partial charge in [0.05, 0.1) is 5.75 Å². The molecule has 3 heterocycles. The number of carboxylic acids is 1. The van der Waals surface area contributed by atoms with Crippen LogP contribution in [0.3, 0.4) is 0 Å². The number of likely N-dealkylation sites (tertiary alicyclic amines) is 1. The summed E-state index contributed by atoms with van der Waals surface area (Å²) in [6.07, 6.45) is 1.21. The van der Waals surface area contributed by atoms with Crippen molar-refractivity contribution in [1.29, 1.82) is 0 Å². The summed E-state index contributed by atoms with van der Waals surface area (Å²) in [5, 5.41) is 8.91. The van der Waals surface area contributed by atoms with Crippen molar-refractivity contribution >= 4 is 27.6 Å². The molecular formula is C16H21N3O6S. The van der Waals surface area contributed by atoms with Crippen molar-refractivity contribution in [3.8, 4) is 0 Å². The molecule has 1 aromatic rings. The first kappa shape index (κ1) is 18.4. The lowest BCUT2D eigenvalue weighted by molar-refractivity contribution is -0.157. The van der Waals surface area contributed by atoms with Gasteiger partial charge in [0, 0.05) is 31.2 Å². The van der Waals surface area contributed by atoms with Crippen LogP contribution in [0.15, 0.2) is 16.9 Å². The molecule has 2 aliphatic heterocycles. The zero-order valence-electron chi connectivity index (χ0n) is 14.3. The van der Waals surface area contributed by atoms with E-state index in [0.717, 1.165) is 6.42 Å². The number of hydrogen-bond donors (Lipinski definition) is 2.